The molecule has 1 aromatic carbocycles. The largest absolute Gasteiger partial charge is 0.496 e. The predicted octanol–water partition coefficient (Wildman–Crippen LogP) is 4.47. The Morgan fingerprint density at radius 3 is 2.67 bits per heavy atom. The first kappa shape index (κ1) is 21.2. The zero-order valence-electron chi connectivity index (χ0n) is 17.3. The summed E-state index contributed by atoms with van der Waals surface area (Å²) in [4.78, 5) is 12.6. The van der Waals surface area contributed by atoms with Gasteiger partial charge in [0, 0.05) is 19.2 Å². The topological polar surface area (TPSA) is 57.2 Å². The molecule has 27 heavy (non-hydrogen) atoms. The van der Waals surface area contributed by atoms with Gasteiger partial charge in [-0.25, -0.2) is 0 Å². The van der Waals surface area contributed by atoms with E-state index in [9.17, 15) is 4.79 Å². The molecular weight excluding hydrogens is 336 g/mol. The van der Waals surface area contributed by atoms with Gasteiger partial charge in [-0.05, 0) is 80.8 Å². The highest BCUT2D eigenvalue weighted by Gasteiger charge is 2.13. The van der Waals surface area contributed by atoms with E-state index in [1.54, 1.807) is 7.11 Å². The lowest BCUT2D eigenvalue weighted by Gasteiger charge is -2.10. The first-order chi connectivity index (χ1) is 13.0. The maximum atomic E-state index is 12.6. The Bertz CT molecular complexity index is 749. The maximum Gasteiger partial charge on any atom is 0.179 e. The van der Waals surface area contributed by atoms with Crippen molar-refractivity contribution in [2.24, 2.45) is 18.7 Å². The van der Waals surface area contributed by atoms with E-state index in [1.165, 1.54) is 11.3 Å². The molecule has 4 heteroatoms. The van der Waals surface area contributed by atoms with Crippen LogP contribution in [0.3, 0.4) is 0 Å². The Kier molecular flexibility index (Phi) is 8.11. The molecular formula is C23H34N2O2. The van der Waals surface area contributed by atoms with Gasteiger partial charge in [-0.3, -0.25) is 4.79 Å². The van der Waals surface area contributed by atoms with Crippen LogP contribution in [-0.4, -0.2) is 24.0 Å². The molecule has 148 valence electrons. The monoisotopic (exact) mass is 370 g/mol. The molecule has 0 saturated carbocycles. The minimum atomic E-state index is 0.233. The molecule has 0 aliphatic rings. The van der Waals surface area contributed by atoms with Crippen LogP contribution in [0.4, 0.5) is 0 Å². The molecule has 0 radical (unpaired) electrons. The van der Waals surface area contributed by atoms with E-state index >= 15 is 0 Å². The first-order valence-electron chi connectivity index (χ1n) is 9.97. The van der Waals surface area contributed by atoms with E-state index < -0.39 is 0 Å². The number of Topliss-reactive ketones (excluding diaryl/α,β-unsaturated/α-hetero) is 1. The first-order valence-corrected chi connectivity index (χ1v) is 9.97. The number of methoxy groups -OCH3 is 1. The van der Waals surface area contributed by atoms with Crippen molar-refractivity contribution < 1.29 is 9.53 Å². The average molecular weight is 371 g/mol. The second-order valence-corrected chi connectivity index (χ2v) is 7.58. The molecule has 1 unspecified atom stereocenters. The summed E-state index contributed by atoms with van der Waals surface area (Å²) in [6.07, 6.45) is 5.50. The highest BCUT2D eigenvalue weighted by molar-refractivity contribution is 5.94. The van der Waals surface area contributed by atoms with Gasteiger partial charge in [0.15, 0.2) is 5.78 Å². The summed E-state index contributed by atoms with van der Waals surface area (Å²) < 4.78 is 7.43. The molecule has 0 spiro atoms. The lowest BCUT2D eigenvalue weighted by molar-refractivity contribution is 0.0971. The third kappa shape index (κ3) is 5.96. The van der Waals surface area contributed by atoms with E-state index in [4.69, 9.17) is 10.5 Å². The van der Waals surface area contributed by atoms with Crippen molar-refractivity contribution in [1.29, 1.82) is 0 Å². The third-order valence-corrected chi connectivity index (χ3v) is 5.40. The summed E-state index contributed by atoms with van der Waals surface area (Å²) in [6, 6.07) is 10.4. The number of aromatic nitrogens is 1. The van der Waals surface area contributed by atoms with Gasteiger partial charge < -0.3 is 15.0 Å². The number of rotatable bonds is 11. The van der Waals surface area contributed by atoms with Crippen LogP contribution >= 0.6 is 0 Å². The van der Waals surface area contributed by atoms with Gasteiger partial charge in [-0.15, -0.1) is 0 Å². The molecule has 2 rings (SSSR count). The van der Waals surface area contributed by atoms with Crippen molar-refractivity contribution >= 4 is 5.78 Å². The second-order valence-electron chi connectivity index (χ2n) is 7.58. The van der Waals surface area contributed by atoms with Crippen LogP contribution < -0.4 is 10.5 Å². The molecule has 2 N–H and O–H groups in total. The van der Waals surface area contributed by atoms with Crippen LogP contribution in [-0.2, 0) is 19.9 Å². The molecule has 2 aromatic rings. The molecule has 1 atom stereocenters. The molecule has 0 aliphatic heterocycles. The zero-order chi connectivity index (χ0) is 19.8. The van der Waals surface area contributed by atoms with Gasteiger partial charge in [0.1, 0.15) is 5.75 Å². The normalized spacial score (nSPS) is 12.2. The van der Waals surface area contributed by atoms with Crippen LogP contribution in [0.5, 0.6) is 5.75 Å². The minimum Gasteiger partial charge on any atom is -0.496 e. The van der Waals surface area contributed by atoms with Crippen LogP contribution in [0.15, 0.2) is 30.3 Å². The molecule has 0 saturated heterocycles. The van der Waals surface area contributed by atoms with Crippen molar-refractivity contribution in [2.75, 3.05) is 13.7 Å². The standard InChI is InChI=1S/C23H34N2O2/c1-17(16-24)9-12-20-13-14-21(25(20)3)22(26)8-6-5-7-19-11-10-18(2)23(15-19)27-4/h10-11,13-15,17H,5-9,12,16,24H2,1-4H3. The number of carbonyl (C=O) groups excluding carboxylic acids is 1. The molecule has 0 aliphatic carbocycles. The minimum absolute atomic E-state index is 0.233. The van der Waals surface area contributed by atoms with Crippen LogP contribution in [0.25, 0.3) is 0 Å². The molecule has 0 amide bonds. The Morgan fingerprint density at radius 2 is 1.96 bits per heavy atom. The van der Waals surface area contributed by atoms with E-state index in [0.717, 1.165) is 49.1 Å². The fraction of sp³-hybridized carbons (Fsp3) is 0.522. The van der Waals surface area contributed by atoms with Crippen molar-refractivity contribution in [3.8, 4) is 5.75 Å². The van der Waals surface area contributed by atoms with E-state index in [2.05, 4.69) is 35.8 Å². The zero-order valence-corrected chi connectivity index (χ0v) is 17.3. The van der Waals surface area contributed by atoms with Crippen LogP contribution in [0, 0.1) is 12.8 Å². The van der Waals surface area contributed by atoms with Crippen molar-refractivity contribution in [3.63, 3.8) is 0 Å². The van der Waals surface area contributed by atoms with E-state index in [0.29, 0.717) is 18.9 Å². The third-order valence-electron chi connectivity index (χ3n) is 5.40. The quantitative estimate of drug-likeness (QED) is 0.469. The second kappa shape index (κ2) is 10.3. The summed E-state index contributed by atoms with van der Waals surface area (Å²) in [7, 11) is 3.70. The van der Waals surface area contributed by atoms with E-state index in [-0.39, 0.29) is 5.78 Å². The van der Waals surface area contributed by atoms with Gasteiger partial charge in [0.25, 0.3) is 0 Å². The highest BCUT2D eigenvalue weighted by atomic mass is 16.5. The predicted molar refractivity (Wildman–Crippen MR) is 112 cm³/mol. The number of unbranched alkanes of at least 4 members (excludes halogenated alkanes) is 1. The lowest BCUT2D eigenvalue weighted by Crippen LogP contribution is -2.13. The van der Waals surface area contributed by atoms with Gasteiger partial charge in [-0.1, -0.05) is 19.1 Å². The number of hydrogen-bond donors (Lipinski definition) is 1. The molecule has 0 fully saturated rings. The lowest BCUT2D eigenvalue weighted by atomic mass is 10.0. The number of aryl methyl sites for hydroxylation is 3. The van der Waals surface area contributed by atoms with Gasteiger partial charge in [0.05, 0.1) is 12.8 Å². The SMILES string of the molecule is COc1cc(CCCCC(=O)c2ccc(CCC(C)CN)n2C)ccc1C. The van der Waals surface area contributed by atoms with E-state index in [1.807, 2.05) is 20.0 Å². The number of ketones is 1. The fourth-order valence-electron chi connectivity index (χ4n) is 3.36. The number of nitrogens with zero attached hydrogens (tertiary/aromatic N) is 1. The van der Waals surface area contributed by atoms with Gasteiger partial charge in [0.2, 0.25) is 0 Å². The van der Waals surface area contributed by atoms with Gasteiger partial charge >= 0.3 is 0 Å². The average Bonchev–Trinajstić information content (AvgIpc) is 3.04. The molecule has 1 heterocycles. The van der Waals surface area contributed by atoms with Crippen LogP contribution in [0.2, 0.25) is 0 Å². The molecule has 0 bridgehead atoms. The Labute approximate surface area is 163 Å². The van der Waals surface area contributed by atoms with Crippen LogP contribution in [0.1, 0.15) is 59.9 Å². The number of nitrogens with two attached hydrogens (primary N) is 1. The summed E-state index contributed by atoms with van der Waals surface area (Å²) in [5.41, 5.74) is 10.1. The smallest absolute Gasteiger partial charge is 0.179 e. The Morgan fingerprint density at radius 1 is 1.19 bits per heavy atom. The number of benzene rings is 1. The molecule has 4 nitrogen and oxygen atoms in total. The number of ether oxygens (including phenoxy) is 1. The molecule has 1 aromatic heterocycles. The summed E-state index contributed by atoms with van der Waals surface area (Å²) >= 11 is 0. The summed E-state index contributed by atoms with van der Waals surface area (Å²) in [5.74, 6) is 1.68. The van der Waals surface area contributed by atoms with Crippen molar-refractivity contribution in [1.82, 2.24) is 4.57 Å². The summed E-state index contributed by atoms with van der Waals surface area (Å²) in [5, 5.41) is 0. The van der Waals surface area contributed by atoms with Gasteiger partial charge in [-0.2, -0.15) is 0 Å². The number of carbonyl (C=O) groups is 1. The van der Waals surface area contributed by atoms with Crippen molar-refractivity contribution in [3.05, 3.63) is 52.8 Å². The Hall–Kier alpha value is -2.07. The number of hydrogen-bond acceptors (Lipinski definition) is 3. The highest BCUT2D eigenvalue weighted by Crippen LogP contribution is 2.21. The summed E-state index contributed by atoms with van der Waals surface area (Å²) in [6.45, 7) is 4.92. The fourth-order valence-corrected chi connectivity index (χ4v) is 3.36. The van der Waals surface area contributed by atoms with Crippen molar-refractivity contribution in [2.45, 2.75) is 52.4 Å². The maximum absolute atomic E-state index is 12.6. The Balaban J connectivity index is 1.81.